The van der Waals surface area contributed by atoms with Crippen LogP contribution in [0.2, 0.25) is 5.02 Å². The van der Waals surface area contributed by atoms with Gasteiger partial charge in [-0.3, -0.25) is 0 Å². The Bertz CT molecular complexity index is 849. The number of allylic oxidation sites excluding steroid dienone is 2. The molecule has 0 amide bonds. The number of anilines is 1. The van der Waals surface area contributed by atoms with Crippen molar-refractivity contribution in [1.82, 2.24) is 0 Å². The lowest BCUT2D eigenvalue weighted by atomic mass is 9.90. The minimum atomic E-state index is 0. The van der Waals surface area contributed by atoms with Gasteiger partial charge in [0.1, 0.15) is 0 Å². The van der Waals surface area contributed by atoms with E-state index in [0.717, 1.165) is 39.6 Å². The van der Waals surface area contributed by atoms with Crippen molar-refractivity contribution in [2.75, 3.05) is 5.32 Å². The number of aliphatic imine (C=N–C) groups is 1. The number of nitrogens with one attached hydrogen (secondary N) is 1. The van der Waals surface area contributed by atoms with Crippen molar-refractivity contribution in [2.24, 2.45) is 10.7 Å². The Morgan fingerprint density at radius 3 is 2.57 bits per heavy atom. The molecule has 3 nitrogen and oxygen atoms in total. The highest BCUT2D eigenvalue weighted by molar-refractivity contribution is 6.35. The van der Waals surface area contributed by atoms with E-state index in [9.17, 15) is 0 Å². The van der Waals surface area contributed by atoms with Gasteiger partial charge < -0.3 is 11.1 Å². The number of hydrogen-bond acceptors (Lipinski definition) is 3. The Kier molecular flexibility index (Phi) is 4.16. The van der Waals surface area contributed by atoms with Crippen LogP contribution in [0.4, 0.5) is 11.4 Å². The summed E-state index contributed by atoms with van der Waals surface area (Å²) < 4.78 is 0. The predicted molar refractivity (Wildman–Crippen MR) is 99.7 cm³/mol. The van der Waals surface area contributed by atoms with Crippen molar-refractivity contribution in [3.63, 3.8) is 0 Å². The van der Waals surface area contributed by atoms with Crippen LogP contribution in [0.1, 0.15) is 12.0 Å². The molecule has 116 valence electrons. The predicted octanol–water partition coefficient (Wildman–Crippen LogP) is 4.92. The summed E-state index contributed by atoms with van der Waals surface area (Å²) in [7, 11) is 0. The molecule has 0 saturated heterocycles. The fourth-order valence-electron chi connectivity index (χ4n) is 2.80. The van der Waals surface area contributed by atoms with E-state index in [1.54, 1.807) is 0 Å². The highest BCUT2D eigenvalue weighted by atomic mass is 35.5. The molecule has 1 aliphatic heterocycles. The number of benzene rings is 2. The Balaban J connectivity index is 0.00000156. The van der Waals surface area contributed by atoms with E-state index in [1.807, 2.05) is 48.5 Å². The third-order valence-electron chi connectivity index (χ3n) is 3.88. The minimum Gasteiger partial charge on any atom is -0.401 e. The van der Waals surface area contributed by atoms with Crippen molar-refractivity contribution in [1.29, 1.82) is 0 Å². The molecule has 0 spiro atoms. The second-order valence-electron chi connectivity index (χ2n) is 5.33. The van der Waals surface area contributed by atoms with Crippen molar-refractivity contribution in [3.8, 4) is 0 Å². The van der Waals surface area contributed by atoms with Gasteiger partial charge >= 0.3 is 0 Å². The SMILES string of the molecule is Cl.NC1=C(c2ccc(Cl)cc2)C2=Nc3ccccc3NC2=CC1. The quantitative estimate of drug-likeness (QED) is 0.772. The number of nitrogens with two attached hydrogens (primary N) is 1. The number of nitrogens with zero attached hydrogens (tertiary/aromatic N) is 1. The number of halogens is 2. The van der Waals surface area contributed by atoms with Gasteiger partial charge in [0.15, 0.2) is 0 Å². The van der Waals surface area contributed by atoms with Crippen LogP contribution in [-0.2, 0) is 0 Å². The zero-order valence-corrected chi connectivity index (χ0v) is 13.8. The molecule has 0 radical (unpaired) electrons. The first kappa shape index (κ1) is 15.7. The first-order chi connectivity index (χ1) is 10.7. The summed E-state index contributed by atoms with van der Waals surface area (Å²) >= 11 is 5.99. The molecule has 4 rings (SSSR count). The Labute approximate surface area is 146 Å². The van der Waals surface area contributed by atoms with Gasteiger partial charge in [0, 0.05) is 22.7 Å². The largest absolute Gasteiger partial charge is 0.401 e. The molecule has 1 heterocycles. The lowest BCUT2D eigenvalue weighted by molar-refractivity contribution is 1.14. The van der Waals surface area contributed by atoms with Gasteiger partial charge in [0.05, 0.1) is 22.8 Å². The van der Waals surface area contributed by atoms with Gasteiger partial charge in [-0.1, -0.05) is 41.9 Å². The zero-order valence-electron chi connectivity index (χ0n) is 12.2. The summed E-state index contributed by atoms with van der Waals surface area (Å²) in [4.78, 5) is 4.81. The van der Waals surface area contributed by atoms with Crippen molar-refractivity contribution >= 4 is 46.7 Å². The van der Waals surface area contributed by atoms with Crippen molar-refractivity contribution in [3.05, 3.63) is 76.6 Å². The number of hydrogen-bond donors (Lipinski definition) is 2. The highest BCUT2D eigenvalue weighted by Gasteiger charge is 2.25. The van der Waals surface area contributed by atoms with Gasteiger partial charge in [-0.15, -0.1) is 12.4 Å². The van der Waals surface area contributed by atoms with E-state index >= 15 is 0 Å². The van der Waals surface area contributed by atoms with E-state index in [4.69, 9.17) is 22.3 Å². The molecule has 2 aromatic carbocycles. The van der Waals surface area contributed by atoms with Gasteiger partial charge in [-0.25, -0.2) is 4.99 Å². The van der Waals surface area contributed by atoms with Crippen LogP contribution in [0, 0.1) is 0 Å². The molecular weight excluding hydrogens is 329 g/mol. The maximum absolute atomic E-state index is 6.27. The molecule has 2 aliphatic rings. The standard InChI is InChI=1S/C18H14ClN3.ClH/c19-12-7-5-11(6-8-12)17-13(20)9-10-16-18(17)22-15-4-2-1-3-14(15)21-16;/h1-8,10,21H,9,20H2;1H. The molecule has 23 heavy (non-hydrogen) atoms. The van der Waals surface area contributed by atoms with E-state index in [2.05, 4.69) is 11.4 Å². The molecule has 0 atom stereocenters. The fourth-order valence-corrected chi connectivity index (χ4v) is 2.93. The van der Waals surface area contributed by atoms with Gasteiger partial charge in [0.25, 0.3) is 0 Å². The second kappa shape index (κ2) is 6.11. The molecular formula is C18H15Cl2N3. The first-order valence-corrected chi connectivity index (χ1v) is 7.50. The van der Waals surface area contributed by atoms with Crippen LogP contribution in [-0.4, -0.2) is 5.71 Å². The molecule has 0 fully saturated rings. The van der Waals surface area contributed by atoms with Crippen molar-refractivity contribution < 1.29 is 0 Å². The van der Waals surface area contributed by atoms with Crippen LogP contribution in [0.15, 0.2) is 71.0 Å². The van der Waals surface area contributed by atoms with Crippen molar-refractivity contribution in [2.45, 2.75) is 6.42 Å². The molecule has 0 unspecified atom stereocenters. The lowest BCUT2D eigenvalue weighted by Gasteiger charge is -2.26. The molecule has 3 N–H and O–H groups in total. The minimum absolute atomic E-state index is 0. The number of rotatable bonds is 1. The topological polar surface area (TPSA) is 50.4 Å². The Morgan fingerprint density at radius 2 is 1.78 bits per heavy atom. The number of para-hydroxylation sites is 2. The van der Waals surface area contributed by atoms with E-state index in [0.29, 0.717) is 11.4 Å². The summed E-state index contributed by atoms with van der Waals surface area (Å²) in [5.74, 6) is 0. The second-order valence-corrected chi connectivity index (χ2v) is 5.77. The first-order valence-electron chi connectivity index (χ1n) is 7.12. The van der Waals surface area contributed by atoms with Crippen LogP contribution < -0.4 is 11.1 Å². The zero-order chi connectivity index (χ0) is 15.1. The maximum atomic E-state index is 6.27. The average molecular weight is 344 g/mol. The molecule has 5 heteroatoms. The maximum Gasteiger partial charge on any atom is 0.0965 e. The smallest absolute Gasteiger partial charge is 0.0965 e. The van der Waals surface area contributed by atoms with Gasteiger partial charge in [0.2, 0.25) is 0 Å². The average Bonchev–Trinajstić information content (AvgIpc) is 2.54. The third kappa shape index (κ3) is 2.74. The molecule has 2 aromatic rings. The van der Waals surface area contributed by atoms with Crippen LogP contribution in [0.25, 0.3) is 5.57 Å². The molecule has 1 aliphatic carbocycles. The summed E-state index contributed by atoms with van der Waals surface area (Å²) in [6.45, 7) is 0. The van der Waals surface area contributed by atoms with E-state index in [-0.39, 0.29) is 12.4 Å². The van der Waals surface area contributed by atoms with Gasteiger partial charge in [-0.2, -0.15) is 0 Å². The highest BCUT2D eigenvalue weighted by Crippen LogP contribution is 2.37. The van der Waals surface area contributed by atoms with Gasteiger partial charge in [-0.05, 0) is 29.8 Å². The van der Waals surface area contributed by atoms with Crippen LogP contribution >= 0.6 is 24.0 Å². The summed E-state index contributed by atoms with van der Waals surface area (Å²) in [6.07, 6.45) is 2.80. The van der Waals surface area contributed by atoms with Crippen LogP contribution in [0.5, 0.6) is 0 Å². The normalized spacial score (nSPS) is 15.5. The number of fused-ring (bicyclic) bond motifs is 2. The molecule has 0 bridgehead atoms. The Hall–Kier alpha value is -2.23. The Morgan fingerprint density at radius 1 is 1.04 bits per heavy atom. The summed E-state index contributed by atoms with van der Waals surface area (Å²) in [6, 6.07) is 15.7. The fraction of sp³-hybridized carbons (Fsp3) is 0.0556. The molecule has 0 saturated carbocycles. The lowest BCUT2D eigenvalue weighted by Crippen LogP contribution is -2.23. The van der Waals surface area contributed by atoms with Crippen LogP contribution in [0.3, 0.4) is 0 Å². The van der Waals surface area contributed by atoms with E-state index in [1.165, 1.54) is 0 Å². The molecule has 0 aromatic heterocycles. The monoisotopic (exact) mass is 343 g/mol. The van der Waals surface area contributed by atoms with E-state index < -0.39 is 0 Å². The third-order valence-corrected chi connectivity index (χ3v) is 4.13. The summed E-state index contributed by atoms with van der Waals surface area (Å²) in [5.41, 5.74) is 13.0. The summed E-state index contributed by atoms with van der Waals surface area (Å²) in [5, 5.41) is 4.16.